The number of fused-ring (bicyclic) bond motifs is 1. The van der Waals surface area contributed by atoms with Crippen molar-refractivity contribution in [2.24, 2.45) is 0 Å². The summed E-state index contributed by atoms with van der Waals surface area (Å²) in [6.07, 6.45) is -7.42. The first kappa shape index (κ1) is 48.5. The Morgan fingerprint density at radius 2 is 1.37 bits per heavy atom. The normalized spacial score (nSPS) is 26.9. The molecule has 10 atom stereocenters. The maximum atomic E-state index is 14.1. The number of rotatable bonds is 19. The molecule has 2 fully saturated rings. The first-order chi connectivity index (χ1) is 30.3. The van der Waals surface area contributed by atoms with Gasteiger partial charge in [0.05, 0.1) is 63.2 Å². The van der Waals surface area contributed by atoms with Crippen LogP contribution >= 0.6 is 46.4 Å². The van der Waals surface area contributed by atoms with Crippen molar-refractivity contribution >= 4 is 70.1 Å². The molecule has 63 heavy (non-hydrogen) atoms. The maximum Gasteiger partial charge on any atom is 0.338 e. The van der Waals surface area contributed by atoms with Crippen molar-refractivity contribution in [3.63, 3.8) is 0 Å². The number of halogens is 4. The SMILES string of the molecule is C=CCCCO[C@@H]1O[C@H](CO[C@@H]2O[C@H](CO)[C@@H](O)[C@H](O)[C@H]2N2C(=O)c3c(Cl)c(Cl)c(Cl)c(Cl)c3C2=O)[C@@H](OCc2ccccc2)[C@H](OC(=O)c2ccccc2)[C@H]1NC(=O)CCC=C. The van der Waals surface area contributed by atoms with Gasteiger partial charge in [0.1, 0.15) is 42.6 Å². The second kappa shape index (κ2) is 22.3. The van der Waals surface area contributed by atoms with E-state index in [9.17, 15) is 34.5 Å². The highest BCUT2D eigenvalue weighted by Gasteiger charge is 2.56. The highest BCUT2D eigenvalue weighted by Crippen LogP contribution is 2.46. The van der Waals surface area contributed by atoms with Gasteiger partial charge in [0, 0.05) is 6.42 Å². The fourth-order valence-corrected chi connectivity index (χ4v) is 8.45. The number of imide groups is 1. The predicted octanol–water partition coefficient (Wildman–Crippen LogP) is 5.69. The van der Waals surface area contributed by atoms with Crippen LogP contribution in [0.2, 0.25) is 20.1 Å². The molecule has 3 aromatic rings. The van der Waals surface area contributed by atoms with E-state index in [4.69, 9.17) is 74.8 Å². The predicted molar refractivity (Wildman–Crippen MR) is 231 cm³/mol. The van der Waals surface area contributed by atoms with Crippen molar-refractivity contribution in [1.29, 1.82) is 0 Å². The molecule has 2 saturated heterocycles. The van der Waals surface area contributed by atoms with Crippen LogP contribution in [-0.2, 0) is 39.8 Å². The van der Waals surface area contributed by atoms with Crippen molar-refractivity contribution in [1.82, 2.24) is 10.2 Å². The van der Waals surface area contributed by atoms with E-state index in [2.05, 4.69) is 18.5 Å². The highest BCUT2D eigenvalue weighted by atomic mass is 35.5. The largest absolute Gasteiger partial charge is 0.453 e. The van der Waals surface area contributed by atoms with Crippen LogP contribution in [-0.4, -0.2) is 125 Å². The van der Waals surface area contributed by atoms with Gasteiger partial charge in [-0.05, 0) is 37.0 Å². The fraction of sp³-hybridized carbons (Fsp3) is 0.409. The Hall–Kier alpha value is -3.94. The average Bonchev–Trinajstić information content (AvgIpc) is 3.55. The number of aliphatic hydroxyl groups excluding tert-OH is 3. The van der Waals surface area contributed by atoms with E-state index in [-0.39, 0.29) is 45.3 Å². The lowest BCUT2D eigenvalue weighted by atomic mass is 9.94. The van der Waals surface area contributed by atoms with Crippen LogP contribution in [0.1, 0.15) is 62.3 Å². The lowest BCUT2D eigenvalue weighted by Gasteiger charge is -2.47. The second-order valence-electron chi connectivity index (χ2n) is 14.8. The van der Waals surface area contributed by atoms with E-state index in [1.807, 2.05) is 18.2 Å². The molecule has 19 heteroatoms. The van der Waals surface area contributed by atoms with Crippen LogP contribution in [0.5, 0.6) is 0 Å². The van der Waals surface area contributed by atoms with E-state index in [1.54, 1.807) is 54.6 Å². The molecule has 0 bridgehead atoms. The molecule has 3 aromatic carbocycles. The van der Waals surface area contributed by atoms with Gasteiger partial charge in [0.25, 0.3) is 11.8 Å². The number of carbonyl (C=O) groups is 4. The molecular formula is C44H46Cl4N2O13. The van der Waals surface area contributed by atoms with Crippen LogP contribution in [0.3, 0.4) is 0 Å². The summed E-state index contributed by atoms with van der Waals surface area (Å²) in [5.41, 5.74) is 0.109. The molecule has 4 N–H and O–H groups in total. The van der Waals surface area contributed by atoms with Crippen molar-refractivity contribution in [2.75, 3.05) is 19.8 Å². The van der Waals surface area contributed by atoms with Gasteiger partial charge in [0.2, 0.25) is 5.91 Å². The van der Waals surface area contributed by atoms with Gasteiger partial charge in [0.15, 0.2) is 18.7 Å². The monoisotopic (exact) mass is 950 g/mol. The first-order valence-electron chi connectivity index (χ1n) is 20.0. The summed E-state index contributed by atoms with van der Waals surface area (Å²) in [6.45, 7) is 6.16. The summed E-state index contributed by atoms with van der Waals surface area (Å²) < 4.78 is 37.8. The fourth-order valence-electron chi connectivity index (χ4n) is 7.43. The number of unbranched alkanes of at least 4 members (excludes halogenated alkanes) is 1. The van der Waals surface area contributed by atoms with Crippen molar-refractivity contribution in [2.45, 2.75) is 93.6 Å². The van der Waals surface area contributed by atoms with Crippen LogP contribution < -0.4 is 5.32 Å². The van der Waals surface area contributed by atoms with Gasteiger partial charge >= 0.3 is 5.97 Å². The number of amides is 3. The Morgan fingerprint density at radius 3 is 1.97 bits per heavy atom. The molecule has 0 aliphatic carbocycles. The Labute approximate surface area is 383 Å². The number of nitrogens with one attached hydrogen (secondary N) is 1. The Morgan fingerprint density at radius 1 is 0.762 bits per heavy atom. The molecule has 0 unspecified atom stereocenters. The summed E-state index contributed by atoms with van der Waals surface area (Å²) in [5.74, 6) is -3.31. The smallest absolute Gasteiger partial charge is 0.338 e. The molecule has 6 rings (SSSR count). The molecular weight excluding hydrogens is 906 g/mol. The van der Waals surface area contributed by atoms with Crippen LogP contribution in [0.15, 0.2) is 86.0 Å². The summed E-state index contributed by atoms with van der Waals surface area (Å²) >= 11 is 25.3. The third-order valence-electron chi connectivity index (χ3n) is 10.6. The molecule has 0 aromatic heterocycles. The second-order valence-corrected chi connectivity index (χ2v) is 16.3. The first-order valence-corrected chi connectivity index (χ1v) is 21.5. The number of nitrogens with zero attached hydrogens (tertiary/aromatic N) is 1. The topological polar surface area (TPSA) is 200 Å². The summed E-state index contributed by atoms with van der Waals surface area (Å²) in [7, 11) is 0. The number of hydrogen-bond donors (Lipinski definition) is 4. The lowest BCUT2D eigenvalue weighted by molar-refractivity contribution is -0.312. The van der Waals surface area contributed by atoms with Gasteiger partial charge < -0.3 is 49.1 Å². The number of aliphatic hydroxyl groups is 3. The van der Waals surface area contributed by atoms with Gasteiger partial charge in [-0.15, -0.1) is 13.2 Å². The number of benzene rings is 3. The van der Waals surface area contributed by atoms with Gasteiger partial charge in [-0.2, -0.15) is 0 Å². The van der Waals surface area contributed by atoms with E-state index in [0.717, 1.165) is 5.56 Å². The summed E-state index contributed by atoms with van der Waals surface area (Å²) in [5, 5.41) is 34.3. The van der Waals surface area contributed by atoms with Gasteiger partial charge in [-0.3, -0.25) is 19.3 Å². The standard InChI is InChI=1S/C44H46Cl4N2O13/c1-3-5-13-19-58-43-34(49-27(52)18-6-4-2)39(63-42(57)24-16-11-8-12-17-24)38(59-21-23-14-9-7-10-15-23)26(62-43)22-60-44-35(37(54)36(53)25(20-51)61-44)50-40(55)28-29(41(50)56)31(46)33(48)32(47)30(28)45/h3-4,7-12,14-17,25-26,34-39,43-44,51,53-54H,1-2,5-6,13,18-22H2,(H,49,52)/t25-,26-,34-,35-,36-,37-,38-,39-,43-,44-/m1/s1. The van der Waals surface area contributed by atoms with Crippen molar-refractivity contribution < 1.29 is 62.9 Å². The third-order valence-corrected chi connectivity index (χ3v) is 12.4. The molecule has 0 radical (unpaired) electrons. The molecule has 0 spiro atoms. The summed E-state index contributed by atoms with van der Waals surface area (Å²) in [6, 6.07) is 14.3. The van der Waals surface area contributed by atoms with E-state index < -0.39 is 109 Å². The number of allylic oxidation sites excluding steroid dienone is 2. The minimum absolute atomic E-state index is 0.0396. The number of carbonyl (C=O) groups excluding carboxylic acids is 4. The van der Waals surface area contributed by atoms with Crippen LogP contribution in [0.25, 0.3) is 0 Å². The van der Waals surface area contributed by atoms with E-state index in [1.165, 1.54) is 0 Å². The minimum atomic E-state index is -1.97. The number of hydrogen-bond acceptors (Lipinski definition) is 13. The lowest BCUT2D eigenvalue weighted by Crippen LogP contribution is -2.68. The molecule has 0 saturated carbocycles. The Kier molecular flexibility index (Phi) is 17.2. The maximum absolute atomic E-state index is 14.1. The summed E-state index contributed by atoms with van der Waals surface area (Å²) in [4.78, 5) is 56.0. The van der Waals surface area contributed by atoms with E-state index >= 15 is 0 Å². The van der Waals surface area contributed by atoms with E-state index in [0.29, 0.717) is 24.2 Å². The number of ether oxygens (including phenoxy) is 6. The minimum Gasteiger partial charge on any atom is -0.453 e. The quantitative estimate of drug-likeness (QED) is 0.0286. The average molecular weight is 953 g/mol. The molecule has 338 valence electrons. The van der Waals surface area contributed by atoms with Crippen molar-refractivity contribution in [3.05, 3.63) is 128 Å². The van der Waals surface area contributed by atoms with Crippen LogP contribution in [0, 0.1) is 0 Å². The molecule has 3 aliphatic heterocycles. The highest BCUT2D eigenvalue weighted by molar-refractivity contribution is 6.55. The molecule has 15 nitrogen and oxygen atoms in total. The Bertz CT molecular complexity index is 2090. The van der Waals surface area contributed by atoms with Crippen LogP contribution in [0.4, 0.5) is 0 Å². The number of esters is 1. The Balaban J connectivity index is 1.39. The molecule has 3 heterocycles. The zero-order valence-electron chi connectivity index (χ0n) is 33.7. The van der Waals surface area contributed by atoms with Gasteiger partial charge in [-0.25, -0.2) is 4.79 Å². The zero-order valence-corrected chi connectivity index (χ0v) is 36.7. The van der Waals surface area contributed by atoms with Gasteiger partial charge in [-0.1, -0.05) is 107 Å². The third kappa shape index (κ3) is 10.8. The zero-order chi connectivity index (χ0) is 45.4. The van der Waals surface area contributed by atoms with Crippen molar-refractivity contribution in [3.8, 4) is 0 Å². The molecule has 3 aliphatic rings. The molecule has 3 amide bonds.